The highest BCUT2D eigenvalue weighted by Gasteiger charge is 2.53. The van der Waals surface area contributed by atoms with Gasteiger partial charge in [0, 0.05) is 7.05 Å². The quantitative estimate of drug-likeness (QED) is 0.578. The van der Waals surface area contributed by atoms with Crippen molar-refractivity contribution in [3.05, 3.63) is 23.8 Å². The van der Waals surface area contributed by atoms with Crippen LogP contribution in [0.1, 0.15) is 5.56 Å². The Hall–Kier alpha value is -2.57. The Bertz CT molecular complexity index is 621. The summed E-state index contributed by atoms with van der Waals surface area (Å²) in [5, 5.41) is 7.24. The van der Waals surface area contributed by atoms with E-state index in [0.29, 0.717) is 5.69 Å². The van der Waals surface area contributed by atoms with Gasteiger partial charge in [0.15, 0.2) is 0 Å². The van der Waals surface area contributed by atoms with E-state index >= 15 is 0 Å². The molecule has 2 aliphatic heterocycles. The minimum atomic E-state index is -1.48. The van der Waals surface area contributed by atoms with Crippen LogP contribution in [0.2, 0.25) is 0 Å². The number of imide groups is 2. The molecule has 3 N–H and O–H groups in total. The van der Waals surface area contributed by atoms with Gasteiger partial charge in [0.1, 0.15) is 0 Å². The van der Waals surface area contributed by atoms with Crippen LogP contribution in [-0.4, -0.2) is 37.0 Å². The summed E-state index contributed by atoms with van der Waals surface area (Å²) in [5.74, 6) is -1.27. The molecule has 3 rings (SSSR count). The second-order valence-electron chi connectivity index (χ2n) is 5.14. The smallest absolute Gasteiger partial charge is 0.328 e. The number of amides is 4. The maximum absolute atomic E-state index is 12.1. The summed E-state index contributed by atoms with van der Waals surface area (Å²) in [6.45, 7) is 2.12. The van der Waals surface area contributed by atoms with Gasteiger partial charge in [-0.2, -0.15) is 0 Å². The normalized spacial score (nSPS) is 20.1. The van der Waals surface area contributed by atoms with E-state index in [2.05, 4.69) is 16.0 Å². The molecule has 1 aromatic rings. The summed E-state index contributed by atoms with van der Waals surface area (Å²) in [5.41, 5.74) is 1.20. The summed E-state index contributed by atoms with van der Waals surface area (Å²) in [6.07, 6.45) is 0. The van der Waals surface area contributed by atoms with E-state index in [1.165, 1.54) is 0 Å². The minimum absolute atomic E-state index is 0.147. The number of nitrogens with one attached hydrogen (secondary N) is 3. The van der Waals surface area contributed by atoms with Crippen molar-refractivity contribution in [2.45, 2.75) is 12.5 Å². The number of barbiturate groups is 1. The van der Waals surface area contributed by atoms with Gasteiger partial charge in [-0.25, -0.2) is 4.79 Å². The van der Waals surface area contributed by atoms with Gasteiger partial charge in [0.05, 0.1) is 17.9 Å². The number of anilines is 2. The Morgan fingerprint density at radius 1 is 1.15 bits per heavy atom. The molecule has 0 atom stereocenters. The van der Waals surface area contributed by atoms with Crippen LogP contribution in [-0.2, 0) is 9.59 Å². The Morgan fingerprint density at radius 3 is 2.45 bits per heavy atom. The van der Waals surface area contributed by atoms with Gasteiger partial charge < -0.3 is 10.2 Å². The largest absolute Gasteiger partial charge is 0.369 e. The van der Waals surface area contributed by atoms with E-state index in [9.17, 15) is 14.4 Å². The van der Waals surface area contributed by atoms with Gasteiger partial charge in [-0.3, -0.25) is 20.2 Å². The van der Waals surface area contributed by atoms with Gasteiger partial charge in [0.25, 0.3) is 11.8 Å². The zero-order chi connectivity index (χ0) is 14.5. The van der Waals surface area contributed by atoms with Gasteiger partial charge in [-0.05, 0) is 24.6 Å². The average Bonchev–Trinajstić information content (AvgIpc) is 2.37. The highest BCUT2D eigenvalue weighted by molar-refractivity contribution is 6.25. The van der Waals surface area contributed by atoms with Crippen LogP contribution < -0.4 is 20.9 Å². The molecule has 1 aromatic carbocycles. The molecule has 0 saturated carbocycles. The number of nitrogens with zero attached hydrogens (tertiary/aromatic N) is 1. The van der Waals surface area contributed by atoms with Crippen molar-refractivity contribution in [1.82, 2.24) is 10.6 Å². The number of fused-ring (bicyclic) bond motifs is 1. The lowest BCUT2D eigenvalue weighted by Gasteiger charge is -2.43. The van der Waals surface area contributed by atoms with E-state index in [1.807, 2.05) is 30.0 Å². The maximum atomic E-state index is 12.1. The molecule has 0 aromatic heterocycles. The number of rotatable bonds is 0. The van der Waals surface area contributed by atoms with Crippen molar-refractivity contribution >= 4 is 29.2 Å². The number of hydrogen-bond acceptors (Lipinski definition) is 5. The van der Waals surface area contributed by atoms with Crippen LogP contribution in [0.25, 0.3) is 0 Å². The lowest BCUT2D eigenvalue weighted by atomic mass is 9.91. The van der Waals surface area contributed by atoms with Crippen molar-refractivity contribution in [2.75, 3.05) is 23.8 Å². The molecule has 0 radical (unpaired) electrons. The number of carbonyl (C=O) groups excluding carboxylic acids is 3. The SMILES string of the molecule is Cc1ccc2c(c1)N(C)CC1(N2)C(=O)NC(=O)NC1=O. The first-order valence-electron chi connectivity index (χ1n) is 6.19. The molecule has 2 aliphatic rings. The molecular formula is C13H14N4O3. The van der Waals surface area contributed by atoms with Crippen LogP contribution in [0.3, 0.4) is 0 Å². The highest BCUT2D eigenvalue weighted by atomic mass is 16.2. The second-order valence-corrected chi connectivity index (χ2v) is 5.14. The number of aryl methyl sites for hydroxylation is 1. The molecule has 2 heterocycles. The van der Waals surface area contributed by atoms with E-state index in [4.69, 9.17) is 0 Å². The summed E-state index contributed by atoms with van der Waals surface area (Å²) >= 11 is 0. The lowest BCUT2D eigenvalue weighted by Crippen LogP contribution is -2.74. The molecule has 0 bridgehead atoms. The van der Waals surface area contributed by atoms with Crippen molar-refractivity contribution < 1.29 is 14.4 Å². The first-order valence-corrected chi connectivity index (χ1v) is 6.19. The molecule has 1 fully saturated rings. The van der Waals surface area contributed by atoms with Crippen molar-refractivity contribution in [3.63, 3.8) is 0 Å². The highest BCUT2D eigenvalue weighted by Crippen LogP contribution is 2.35. The Balaban J connectivity index is 2.06. The van der Waals surface area contributed by atoms with Gasteiger partial charge in [0.2, 0.25) is 5.54 Å². The molecule has 1 saturated heterocycles. The molecule has 0 unspecified atom stereocenters. The number of carbonyl (C=O) groups is 3. The van der Waals surface area contributed by atoms with Crippen molar-refractivity contribution in [2.24, 2.45) is 0 Å². The Kier molecular flexibility index (Phi) is 2.47. The van der Waals surface area contributed by atoms with E-state index in [-0.39, 0.29) is 6.54 Å². The van der Waals surface area contributed by atoms with E-state index in [1.54, 1.807) is 7.05 Å². The molecule has 0 aliphatic carbocycles. The summed E-state index contributed by atoms with van der Waals surface area (Å²) < 4.78 is 0. The third-order valence-electron chi connectivity index (χ3n) is 3.62. The van der Waals surface area contributed by atoms with Crippen LogP contribution in [0, 0.1) is 6.92 Å². The number of likely N-dealkylation sites (N-methyl/N-ethyl adjacent to an activating group) is 1. The molecule has 1 spiro atoms. The predicted molar refractivity (Wildman–Crippen MR) is 72.5 cm³/mol. The summed E-state index contributed by atoms with van der Waals surface area (Å²) in [7, 11) is 1.80. The molecule has 4 amide bonds. The van der Waals surface area contributed by atoms with Crippen LogP contribution in [0.5, 0.6) is 0 Å². The molecular weight excluding hydrogens is 260 g/mol. The summed E-state index contributed by atoms with van der Waals surface area (Å²) in [4.78, 5) is 37.3. The van der Waals surface area contributed by atoms with E-state index in [0.717, 1.165) is 11.3 Å². The average molecular weight is 274 g/mol. The molecule has 7 heteroatoms. The Labute approximate surface area is 115 Å². The first kappa shape index (κ1) is 12.5. The minimum Gasteiger partial charge on any atom is -0.369 e. The fourth-order valence-corrected chi connectivity index (χ4v) is 2.58. The first-order chi connectivity index (χ1) is 9.42. The van der Waals surface area contributed by atoms with Crippen LogP contribution in [0.4, 0.5) is 16.2 Å². The second kappa shape index (κ2) is 3.96. The molecule has 20 heavy (non-hydrogen) atoms. The van der Waals surface area contributed by atoms with Crippen molar-refractivity contribution in [1.29, 1.82) is 0 Å². The Morgan fingerprint density at radius 2 is 1.80 bits per heavy atom. The van der Waals surface area contributed by atoms with Crippen molar-refractivity contribution in [3.8, 4) is 0 Å². The zero-order valence-electron chi connectivity index (χ0n) is 11.1. The molecule has 104 valence electrons. The zero-order valence-corrected chi connectivity index (χ0v) is 11.1. The van der Waals surface area contributed by atoms with Crippen LogP contribution in [0.15, 0.2) is 18.2 Å². The van der Waals surface area contributed by atoms with Gasteiger partial charge in [-0.1, -0.05) is 6.07 Å². The monoisotopic (exact) mass is 274 g/mol. The standard InChI is InChI=1S/C13H14N4O3/c1-7-3-4-8-9(5-7)17(2)6-13(16-8)10(18)14-12(20)15-11(13)19/h3-5,16H,6H2,1-2H3,(H2,14,15,18,19,20). The fourth-order valence-electron chi connectivity index (χ4n) is 2.58. The fraction of sp³-hybridized carbons (Fsp3) is 0.308. The summed E-state index contributed by atoms with van der Waals surface area (Å²) in [6, 6.07) is 4.89. The van der Waals surface area contributed by atoms with Gasteiger partial charge >= 0.3 is 6.03 Å². The van der Waals surface area contributed by atoms with Gasteiger partial charge in [-0.15, -0.1) is 0 Å². The van der Waals surface area contributed by atoms with E-state index < -0.39 is 23.4 Å². The predicted octanol–water partition coefficient (Wildman–Crippen LogP) is -0.0385. The lowest BCUT2D eigenvalue weighted by molar-refractivity contribution is -0.136. The number of hydrogen-bond donors (Lipinski definition) is 3. The maximum Gasteiger partial charge on any atom is 0.328 e. The molecule has 7 nitrogen and oxygen atoms in total. The van der Waals surface area contributed by atoms with Crippen LogP contribution >= 0.6 is 0 Å². The topological polar surface area (TPSA) is 90.5 Å². The third kappa shape index (κ3) is 1.63. The number of urea groups is 1. The number of benzene rings is 1. The third-order valence-corrected chi connectivity index (χ3v) is 3.62.